The molecule has 0 fully saturated rings. The van der Waals surface area contributed by atoms with Gasteiger partial charge in [0.15, 0.2) is 0 Å². The molecule has 1 atom stereocenters. The first-order valence-corrected chi connectivity index (χ1v) is 12.6. The number of hydrogen-bond donors (Lipinski definition) is 2. The molecule has 0 saturated heterocycles. The summed E-state index contributed by atoms with van der Waals surface area (Å²) >= 11 is 12.7. The summed E-state index contributed by atoms with van der Waals surface area (Å²) in [6.45, 7) is 2.56. The van der Waals surface area contributed by atoms with E-state index in [1.165, 1.54) is 4.68 Å². The smallest absolute Gasteiger partial charge is 0.289 e. The Kier molecular flexibility index (Phi) is 9.02. The highest BCUT2D eigenvalue weighted by Gasteiger charge is 2.27. The molecular formula is C28H27Cl2N5O3. The van der Waals surface area contributed by atoms with Gasteiger partial charge in [-0.15, -0.1) is 0 Å². The number of benzene rings is 3. The summed E-state index contributed by atoms with van der Waals surface area (Å²) in [6, 6.07) is 23.8. The zero-order valence-corrected chi connectivity index (χ0v) is 22.2. The molecule has 3 aromatic carbocycles. The third-order valence-electron chi connectivity index (χ3n) is 5.66. The van der Waals surface area contributed by atoms with Crippen LogP contribution in [0.4, 0.5) is 0 Å². The van der Waals surface area contributed by atoms with Gasteiger partial charge in [-0.05, 0) is 42.3 Å². The van der Waals surface area contributed by atoms with Gasteiger partial charge in [0.25, 0.3) is 5.91 Å². The van der Waals surface area contributed by atoms with Crippen LogP contribution in [0.3, 0.4) is 0 Å². The molecule has 0 bridgehead atoms. The molecule has 10 heteroatoms. The molecule has 0 spiro atoms. The average molecular weight is 552 g/mol. The highest BCUT2D eigenvalue weighted by atomic mass is 35.5. The van der Waals surface area contributed by atoms with E-state index in [0.717, 1.165) is 15.5 Å². The van der Waals surface area contributed by atoms with E-state index in [0.29, 0.717) is 34.2 Å². The molecule has 38 heavy (non-hydrogen) atoms. The molecule has 8 nitrogen and oxygen atoms in total. The zero-order chi connectivity index (χ0) is 27.1. The maximum absolute atomic E-state index is 13.2. The molecule has 4 aromatic rings. The van der Waals surface area contributed by atoms with E-state index in [2.05, 4.69) is 5.10 Å². The highest BCUT2D eigenvalue weighted by molar-refractivity contribution is 6.31. The quantitative estimate of drug-likeness (QED) is 0.139. The van der Waals surface area contributed by atoms with Crippen LogP contribution in [-0.4, -0.2) is 32.5 Å². The molecule has 0 saturated carbocycles. The third-order valence-corrected chi connectivity index (χ3v) is 6.19. The van der Waals surface area contributed by atoms with Crippen molar-refractivity contribution in [2.45, 2.75) is 26.3 Å². The second-order valence-electron chi connectivity index (χ2n) is 8.37. The number of amides is 1. The molecule has 4 rings (SSSR count). The van der Waals surface area contributed by atoms with Crippen molar-refractivity contribution in [1.82, 2.24) is 14.2 Å². The minimum atomic E-state index is -1.07. The van der Waals surface area contributed by atoms with Gasteiger partial charge in [-0.25, -0.2) is 9.10 Å². The van der Waals surface area contributed by atoms with Crippen LogP contribution in [-0.2, 0) is 22.7 Å². The van der Waals surface area contributed by atoms with E-state index >= 15 is 0 Å². The molecule has 1 heterocycles. The van der Waals surface area contributed by atoms with Crippen LogP contribution in [0.15, 0.2) is 85.1 Å². The van der Waals surface area contributed by atoms with Crippen LogP contribution in [0, 0.1) is 5.41 Å². The Morgan fingerprint density at radius 1 is 1.08 bits per heavy atom. The summed E-state index contributed by atoms with van der Waals surface area (Å²) < 4.78 is 14.3. The minimum Gasteiger partial charge on any atom is -0.488 e. The number of nitrogens with two attached hydrogens (primary N) is 1. The Morgan fingerprint density at radius 2 is 1.82 bits per heavy atom. The van der Waals surface area contributed by atoms with Gasteiger partial charge in [-0.2, -0.15) is 5.10 Å². The van der Waals surface area contributed by atoms with Crippen molar-refractivity contribution in [1.29, 1.82) is 5.41 Å². The van der Waals surface area contributed by atoms with Crippen molar-refractivity contribution in [3.8, 4) is 17.0 Å². The number of amidine groups is 1. The molecule has 3 N–H and O–H groups in total. The number of aromatic nitrogens is 2. The minimum absolute atomic E-state index is 0.0328. The SMILES string of the molecule is CCOC(C(=O)N(Cl)Cc1ccc(C(=N)N)cc1)n1ccc(-c2cc(Cl)ccc2OCc2ccccc2)n1. The van der Waals surface area contributed by atoms with Crippen molar-refractivity contribution < 1.29 is 14.3 Å². The molecule has 0 aliphatic rings. The lowest BCUT2D eigenvalue weighted by Gasteiger charge is -2.22. The van der Waals surface area contributed by atoms with Crippen LogP contribution in [0.2, 0.25) is 5.02 Å². The Bertz CT molecular complexity index is 1390. The number of nitrogen functional groups attached to an aromatic ring is 1. The van der Waals surface area contributed by atoms with Gasteiger partial charge in [0.05, 0.1) is 12.2 Å². The van der Waals surface area contributed by atoms with Crippen molar-refractivity contribution in [2.75, 3.05) is 6.61 Å². The summed E-state index contributed by atoms with van der Waals surface area (Å²) in [4.78, 5) is 13.2. The summed E-state index contributed by atoms with van der Waals surface area (Å²) in [5.74, 6) is 0.0933. The van der Waals surface area contributed by atoms with E-state index < -0.39 is 12.1 Å². The van der Waals surface area contributed by atoms with E-state index in [1.54, 1.807) is 61.7 Å². The van der Waals surface area contributed by atoms with E-state index in [4.69, 9.17) is 44.0 Å². The van der Waals surface area contributed by atoms with Crippen molar-refractivity contribution in [2.24, 2.45) is 5.73 Å². The first-order valence-electron chi connectivity index (χ1n) is 11.9. The molecule has 0 aliphatic carbocycles. The molecular weight excluding hydrogens is 525 g/mol. The monoisotopic (exact) mass is 551 g/mol. The van der Waals surface area contributed by atoms with Crippen molar-refractivity contribution in [3.63, 3.8) is 0 Å². The summed E-state index contributed by atoms with van der Waals surface area (Å²) in [5, 5.41) is 12.6. The molecule has 1 amide bonds. The molecule has 1 unspecified atom stereocenters. The number of rotatable bonds is 11. The van der Waals surface area contributed by atoms with Crippen molar-refractivity contribution >= 4 is 35.1 Å². The number of halogens is 2. The Balaban J connectivity index is 1.53. The summed E-state index contributed by atoms with van der Waals surface area (Å²) in [5.41, 5.74) is 9.14. The summed E-state index contributed by atoms with van der Waals surface area (Å²) in [6.07, 6.45) is 0.581. The second-order valence-corrected chi connectivity index (χ2v) is 9.22. The van der Waals surface area contributed by atoms with Crippen LogP contribution in [0.25, 0.3) is 11.3 Å². The van der Waals surface area contributed by atoms with Crippen molar-refractivity contribution in [3.05, 3.63) is 107 Å². The fraction of sp³-hybridized carbons (Fsp3) is 0.179. The topological polar surface area (TPSA) is 106 Å². The van der Waals surface area contributed by atoms with E-state index in [1.807, 2.05) is 30.3 Å². The standard InChI is InChI=1S/C28H27Cl2N5O3/c1-2-37-28(27(36)34(30)17-19-8-10-21(11-9-19)26(31)32)35-15-14-24(33-35)23-16-22(29)12-13-25(23)38-18-20-6-4-3-5-7-20/h3-16,28H,2,17-18H2,1H3,(H3,31,32). The fourth-order valence-corrected chi connectivity index (χ4v) is 4.14. The second kappa shape index (κ2) is 12.6. The van der Waals surface area contributed by atoms with Crippen LogP contribution in [0.1, 0.15) is 29.8 Å². The Labute approximate surface area is 231 Å². The third kappa shape index (κ3) is 6.72. The maximum Gasteiger partial charge on any atom is 0.289 e. The Hall–Kier alpha value is -3.85. The first-order chi connectivity index (χ1) is 18.4. The van der Waals surface area contributed by atoms with Crippen LogP contribution >= 0.6 is 23.4 Å². The first kappa shape index (κ1) is 27.2. The molecule has 0 radical (unpaired) electrons. The van der Waals surface area contributed by atoms with Gasteiger partial charge in [0.1, 0.15) is 18.2 Å². The fourth-order valence-electron chi connectivity index (χ4n) is 3.74. The van der Waals surface area contributed by atoms with Gasteiger partial charge in [-0.1, -0.05) is 66.2 Å². The highest BCUT2D eigenvalue weighted by Crippen LogP contribution is 2.33. The molecule has 196 valence electrons. The lowest BCUT2D eigenvalue weighted by molar-refractivity contribution is -0.146. The number of nitrogens with one attached hydrogen (secondary N) is 1. The van der Waals surface area contributed by atoms with Gasteiger partial charge < -0.3 is 15.2 Å². The molecule has 1 aromatic heterocycles. The lowest BCUT2D eigenvalue weighted by atomic mass is 10.1. The van der Waals surface area contributed by atoms with Crippen LogP contribution in [0.5, 0.6) is 5.75 Å². The van der Waals surface area contributed by atoms with E-state index in [-0.39, 0.29) is 19.0 Å². The number of nitrogens with zero attached hydrogens (tertiary/aromatic N) is 3. The normalized spacial score (nSPS) is 11.7. The number of hydrogen-bond acceptors (Lipinski definition) is 5. The predicted molar refractivity (Wildman–Crippen MR) is 148 cm³/mol. The van der Waals surface area contributed by atoms with Gasteiger partial charge >= 0.3 is 0 Å². The Morgan fingerprint density at radius 3 is 2.50 bits per heavy atom. The maximum atomic E-state index is 13.2. The average Bonchev–Trinajstić information content (AvgIpc) is 3.41. The van der Waals surface area contributed by atoms with Gasteiger partial charge in [0, 0.05) is 40.7 Å². The van der Waals surface area contributed by atoms with Crippen LogP contribution < -0.4 is 10.5 Å². The van der Waals surface area contributed by atoms with Gasteiger partial charge in [-0.3, -0.25) is 10.2 Å². The number of carbonyl (C=O) groups is 1. The lowest BCUT2D eigenvalue weighted by Crippen LogP contribution is -2.33. The largest absolute Gasteiger partial charge is 0.488 e. The molecule has 0 aliphatic heterocycles. The van der Waals surface area contributed by atoms with Gasteiger partial charge in [0.2, 0.25) is 6.23 Å². The van der Waals surface area contributed by atoms with E-state index in [9.17, 15) is 4.79 Å². The predicted octanol–water partition coefficient (Wildman–Crippen LogP) is 5.78. The summed E-state index contributed by atoms with van der Waals surface area (Å²) in [7, 11) is 0. The number of carbonyl (C=O) groups excluding carboxylic acids is 1. The zero-order valence-electron chi connectivity index (χ0n) is 20.7. The number of ether oxygens (including phenoxy) is 2.